The van der Waals surface area contributed by atoms with Gasteiger partial charge >= 0.3 is 7.60 Å². The minimum Gasteiger partial charge on any atom is -0.382 e. The molecule has 6 heteroatoms. The molecular weight excluding hydrogens is 265 g/mol. The van der Waals surface area contributed by atoms with Crippen LogP contribution in [0, 0.1) is 0 Å². The molecule has 0 aliphatic heterocycles. The molecule has 19 heavy (non-hydrogen) atoms. The lowest BCUT2D eigenvalue weighted by Crippen LogP contribution is -2.18. The summed E-state index contributed by atoms with van der Waals surface area (Å²) >= 11 is 0. The summed E-state index contributed by atoms with van der Waals surface area (Å²) < 4.78 is 21.4. The molecule has 0 radical (unpaired) electrons. The highest BCUT2D eigenvalue weighted by Gasteiger charge is 2.16. The molecule has 0 saturated heterocycles. The average molecular weight is 295 g/mol. The molecule has 0 aromatic carbocycles. The van der Waals surface area contributed by atoms with Crippen LogP contribution in [-0.2, 0) is 13.8 Å². The molecule has 0 fully saturated rings. The van der Waals surface area contributed by atoms with Crippen LogP contribution >= 0.6 is 7.60 Å². The Hall–Kier alpha value is 0.0700. The van der Waals surface area contributed by atoms with E-state index < -0.39 is 7.60 Å². The number of nitrogens with one attached hydrogen (secondary N) is 1. The van der Waals surface area contributed by atoms with E-state index in [-0.39, 0.29) is 6.16 Å². The Morgan fingerprint density at radius 1 is 1.00 bits per heavy atom. The molecule has 0 aliphatic carbocycles. The van der Waals surface area contributed by atoms with Crippen molar-refractivity contribution >= 4 is 7.60 Å². The van der Waals surface area contributed by atoms with E-state index in [9.17, 15) is 9.46 Å². The first-order valence-electron chi connectivity index (χ1n) is 7.37. The second kappa shape index (κ2) is 13.1. The molecule has 0 rings (SSSR count). The van der Waals surface area contributed by atoms with E-state index in [2.05, 4.69) is 5.32 Å². The first-order valence-corrected chi connectivity index (χ1v) is 9.13. The van der Waals surface area contributed by atoms with Gasteiger partial charge in [-0.2, -0.15) is 0 Å². The fraction of sp³-hybridized carbons (Fsp3) is 1.00. The maximum Gasteiger partial charge on any atom is 0.328 e. The van der Waals surface area contributed by atoms with Crippen molar-refractivity contribution in [3.05, 3.63) is 0 Å². The van der Waals surface area contributed by atoms with E-state index in [0.717, 1.165) is 58.4 Å². The Morgan fingerprint density at radius 3 is 2.37 bits per heavy atom. The summed E-state index contributed by atoms with van der Waals surface area (Å²) in [4.78, 5) is 9.37. The Labute approximate surface area is 117 Å². The maximum absolute atomic E-state index is 11.4. The minimum absolute atomic E-state index is 0.280. The van der Waals surface area contributed by atoms with Gasteiger partial charge in [-0.15, -0.1) is 0 Å². The normalized spacial score (nSPS) is 14.5. The summed E-state index contributed by atoms with van der Waals surface area (Å²) in [5.74, 6) is 0. The molecule has 0 heterocycles. The van der Waals surface area contributed by atoms with Gasteiger partial charge in [-0.3, -0.25) is 4.57 Å². The fourth-order valence-corrected chi connectivity index (χ4v) is 2.91. The van der Waals surface area contributed by atoms with Crippen LogP contribution in [0.2, 0.25) is 0 Å². The molecule has 0 bridgehead atoms. The molecule has 0 spiro atoms. The Bertz CT molecular complexity index is 239. The fourth-order valence-electron chi connectivity index (χ4n) is 1.75. The van der Waals surface area contributed by atoms with Crippen LogP contribution in [0.25, 0.3) is 0 Å². The molecule has 2 N–H and O–H groups in total. The molecule has 5 nitrogen and oxygen atoms in total. The van der Waals surface area contributed by atoms with E-state index in [0.29, 0.717) is 6.61 Å². The quantitative estimate of drug-likeness (QED) is 0.381. The summed E-state index contributed by atoms with van der Waals surface area (Å²) in [7, 11) is -3.30. The topological polar surface area (TPSA) is 67.8 Å². The van der Waals surface area contributed by atoms with Crippen LogP contribution in [0.4, 0.5) is 0 Å². The molecule has 116 valence electrons. The zero-order valence-electron chi connectivity index (χ0n) is 12.4. The van der Waals surface area contributed by atoms with Crippen LogP contribution in [0.1, 0.15) is 46.0 Å². The molecule has 0 saturated carbocycles. The van der Waals surface area contributed by atoms with E-state index in [1.165, 1.54) is 0 Å². The third kappa shape index (κ3) is 14.3. The van der Waals surface area contributed by atoms with Crippen LogP contribution in [0.3, 0.4) is 0 Å². The van der Waals surface area contributed by atoms with Gasteiger partial charge in [-0.1, -0.05) is 12.8 Å². The number of unbranched alkanes of at least 4 members (excludes halogenated alkanes) is 3. The van der Waals surface area contributed by atoms with E-state index in [4.69, 9.17) is 9.26 Å². The van der Waals surface area contributed by atoms with Crippen molar-refractivity contribution in [1.29, 1.82) is 0 Å². The molecule has 1 atom stereocenters. The number of rotatable bonds is 14. The highest BCUT2D eigenvalue weighted by molar-refractivity contribution is 7.52. The molecule has 1 unspecified atom stereocenters. The predicted molar refractivity (Wildman–Crippen MR) is 78.8 cm³/mol. The first kappa shape index (κ1) is 19.1. The third-order valence-electron chi connectivity index (χ3n) is 2.72. The van der Waals surface area contributed by atoms with Gasteiger partial charge in [0.25, 0.3) is 0 Å². The average Bonchev–Trinajstić information content (AvgIpc) is 2.36. The van der Waals surface area contributed by atoms with Crippen molar-refractivity contribution in [2.75, 3.05) is 39.1 Å². The highest BCUT2D eigenvalue weighted by Crippen LogP contribution is 2.42. The van der Waals surface area contributed by atoms with Crippen LogP contribution in [0.15, 0.2) is 0 Å². The van der Waals surface area contributed by atoms with Crippen LogP contribution in [-0.4, -0.2) is 44.0 Å². The summed E-state index contributed by atoms with van der Waals surface area (Å²) in [5, 5.41) is 3.36. The van der Waals surface area contributed by atoms with E-state index >= 15 is 0 Å². The third-order valence-corrected chi connectivity index (χ3v) is 4.26. The van der Waals surface area contributed by atoms with Gasteiger partial charge < -0.3 is 19.5 Å². The summed E-state index contributed by atoms with van der Waals surface area (Å²) in [6.45, 7) is 7.66. The summed E-state index contributed by atoms with van der Waals surface area (Å²) in [6, 6.07) is 0. The largest absolute Gasteiger partial charge is 0.382 e. The van der Waals surface area contributed by atoms with Crippen molar-refractivity contribution in [3.63, 3.8) is 0 Å². The number of hydrogen-bond donors (Lipinski definition) is 2. The minimum atomic E-state index is -3.30. The zero-order chi connectivity index (χ0) is 14.4. The molecule has 0 amide bonds. The Balaban J connectivity index is 3.17. The lowest BCUT2D eigenvalue weighted by Gasteiger charge is -2.10. The second-order valence-electron chi connectivity index (χ2n) is 4.49. The van der Waals surface area contributed by atoms with Crippen molar-refractivity contribution < 1.29 is 18.7 Å². The first-order chi connectivity index (χ1) is 9.12. The molecule has 0 aromatic heterocycles. The number of ether oxygens (including phenoxy) is 1. The summed E-state index contributed by atoms with van der Waals surface area (Å²) in [5.41, 5.74) is 0. The van der Waals surface area contributed by atoms with Gasteiger partial charge in [0.15, 0.2) is 0 Å². The van der Waals surface area contributed by atoms with Crippen LogP contribution in [0.5, 0.6) is 0 Å². The van der Waals surface area contributed by atoms with E-state index in [1.807, 2.05) is 6.92 Å². The maximum atomic E-state index is 11.4. The monoisotopic (exact) mass is 295 g/mol. The lowest BCUT2D eigenvalue weighted by atomic mass is 10.2. The summed E-state index contributed by atoms with van der Waals surface area (Å²) in [6.07, 6.45) is 5.28. The smallest absolute Gasteiger partial charge is 0.328 e. The van der Waals surface area contributed by atoms with Gasteiger partial charge in [0.1, 0.15) is 0 Å². The van der Waals surface area contributed by atoms with Crippen molar-refractivity contribution in [3.8, 4) is 0 Å². The second-order valence-corrected chi connectivity index (χ2v) is 6.47. The lowest BCUT2D eigenvalue weighted by molar-refractivity contribution is 0.145. The van der Waals surface area contributed by atoms with Crippen molar-refractivity contribution in [2.45, 2.75) is 46.0 Å². The van der Waals surface area contributed by atoms with Crippen molar-refractivity contribution in [2.24, 2.45) is 0 Å². The van der Waals surface area contributed by atoms with Gasteiger partial charge in [0.2, 0.25) is 0 Å². The molecular formula is C13H30NO4P. The van der Waals surface area contributed by atoms with Gasteiger partial charge in [-0.25, -0.2) is 0 Å². The highest BCUT2D eigenvalue weighted by atomic mass is 31.2. The Morgan fingerprint density at radius 2 is 1.68 bits per heavy atom. The number of hydrogen-bond acceptors (Lipinski definition) is 4. The standard InChI is InChI=1S/C13H30NO4P/c1-3-17-12-9-11-14-10-7-5-6-8-13-19(15,16)18-4-2/h14H,3-13H2,1-2H3,(H,15,16). The predicted octanol–water partition coefficient (Wildman–Crippen LogP) is 2.78. The molecule has 0 aromatic rings. The van der Waals surface area contributed by atoms with Gasteiger partial charge in [0.05, 0.1) is 6.61 Å². The SMILES string of the molecule is CCOCCCNCCCCCCP(=O)(O)OCC. The zero-order valence-corrected chi connectivity index (χ0v) is 13.3. The van der Waals surface area contributed by atoms with Gasteiger partial charge in [0, 0.05) is 19.4 Å². The van der Waals surface area contributed by atoms with Crippen molar-refractivity contribution in [1.82, 2.24) is 5.32 Å². The van der Waals surface area contributed by atoms with E-state index in [1.54, 1.807) is 6.92 Å². The Kier molecular flexibility index (Phi) is 13.1. The van der Waals surface area contributed by atoms with Crippen LogP contribution < -0.4 is 5.32 Å². The van der Waals surface area contributed by atoms with Gasteiger partial charge in [-0.05, 0) is 46.2 Å². The molecule has 0 aliphatic rings.